The molecule has 0 aromatic rings. The van der Waals surface area contributed by atoms with Gasteiger partial charge in [-0.05, 0) is 122 Å². The summed E-state index contributed by atoms with van der Waals surface area (Å²) in [6, 6.07) is 0. The third-order valence-electron chi connectivity index (χ3n) is 15.5. The highest BCUT2D eigenvalue weighted by Crippen LogP contribution is 2.77. The SMILES string of the molecule is C=C(C)[C@@H]1CC[C@]2(C(=O)O[C@@H]3O[C@H](C(=O)O)[C@@H](O)[C@H](O)[C@H]3O)CC[C@]3(C)[C@H](CC[C@@H]4[C@@]5(C)CC[C@H](O)C(C)(C)[C@@H]5CC[C@]43C)[C@@H]12. The van der Waals surface area contributed by atoms with E-state index in [0.717, 1.165) is 56.9 Å². The summed E-state index contributed by atoms with van der Waals surface area (Å²) in [6.07, 6.45) is -0.195. The highest BCUT2D eigenvalue weighted by Gasteiger charge is 2.72. The number of fused-ring (bicyclic) bond motifs is 7. The van der Waals surface area contributed by atoms with Crippen LogP contribution in [0, 0.1) is 56.7 Å². The van der Waals surface area contributed by atoms with E-state index in [0.29, 0.717) is 24.7 Å². The van der Waals surface area contributed by atoms with Crippen molar-refractivity contribution in [1.82, 2.24) is 0 Å². The van der Waals surface area contributed by atoms with Crippen molar-refractivity contribution in [2.75, 3.05) is 0 Å². The highest BCUT2D eigenvalue weighted by atomic mass is 16.7. The lowest BCUT2D eigenvalue weighted by Crippen LogP contribution is -2.67. The molecule has 45 heavy (non-hydrogen) atoms. The van der Waals surface area contributed by atoms with Crippen molar-refractivity contribution < 1.29 is 44.6 Å². The van der Waals surface area contributed by atoms with E-state index < -0.39 is 48.1 Å². The number of aliphatic hydroxyl groups is 4. The van der Waals surface area contributed by atoms with Crippen molar-refractivity contribution in [3.05, 3.63) is 12.2 Å². The Morgan fingerprint density at radius 3 is 2.11 bits per heavy atom. The van der Waals surface area contributed by atoms with E-state index >= 15 is 0 Å². The summed E-state index contributed by atoms with van der Waals surface area (Å²) >= 11 is 0. The van der Waals surface area contributed by atoms with Gasteiger partial charge in [-0.1, -0.05) is 46.8 Å². The quantitative estimate of drug-likeness (QED) is 0.224. The maximum Gasteiger partial charge on any atom is 0.335 e. The molecule has 0 aromatic heterocycles. The van der Waals surface area contributed by atoms with E-state index in [-0.39, 0.29) is 45.5 Å². The summed E-state index contributed by atoms with van der Waals surface area (Å²) in [5.41, 5.74) is 0.285. The molecule has 5 saturated carbocycles. The average molecular weight is 633 g/mol. The van der Waals surface area contributed by atoms with E-state index in [1.165, 1.54) is 0 Å². The molecule has 254 valence electrons. The summed E-state index contributed by atoms with van der Waals surface area (Å²) in [5.74, 6) is -0.664. The van der Waals surface area contributed by atoms with Crippen LogP contribution in [0.1, 0.15) is 106 Å². The van der Waals surface area contributed by atoms with E-state index in [2.05, 4.69) is 48.1 Å². The van der Waals surface area contributed by atoms with Crippen LogP contribution in [-0.2, 0) is 19.1 Å². The number of ether oxygens (including phenoxy) is 2. The van der Waals surface area contributed by atoms with E-state index in [1.54, 1.807) is 0 Å². The molecule has 0 bridgehead atoms. The molecule has 1 heterocycles. The Morgan fingerprint density at radius 1 is 0.778 bits per heavy atom. The lowest BCUT2D eigenvalue weighted by Gasteiger charge is -2.72. The molecule has 9 heteroatoms. The minimum absolute atomic E-state index is 0.0132. The van der Waals surface area contributed by atoms with Crippen LogP contribution < -0.4 is 0 Å². The third kappa shape index (κ3) is 4.42. The molecular formula is C36H56O9. The number of hydrogen-bond donors (Lipinski definition) is 5. The van der Waals surface area contributed by atoms with Gasteiger partial charge in [0.05, 0.1) is 11.5 Å². The number of aliphatic carboxylic acids is 1. The topological polar surface area (TPSA) is 154 Å². The highest BCUT2D eigenvalue weighted by molar-refractivity contribution is 5.79. The maximum absolute atomic E-state index is 14.4. The van der Waals surface area contributed by atoms with Crippen LogP contribution in [0.5, 0.6) is 0 Å². The van der Waals surface area contributed by atoms with Crippen LogP contribution in [0.3, 0.4) is 0 Å². The molecule has 6 aliphatic rings. The van der Waals surface area contributed by atoms with Crippen molar-refractivity contribution in [3.8, 4) is 0 Å². The minimum Gasteiger partial charge on any atom is -0.479 e. The Bertz CT molecular complexity index is 1230. The summed E-state index contributed by atoms with van der Waals surface area (Å²) in [5, 5.41) is 51.7. The van der Waals surface area contributed by atoms with Gasteiger partial charge < -0.3 is 35.0 Å². The van der Waals surface area contributed by atoms with Gasteiger partial charge in [0.2, 0.25) is 6.29 Å². The molecule has 6 fully saturated rings. The van der Waals surface area contributed by atoms with Crippen molar-refractivity contribution in [3.63, 3.8) is 0 Å². The largest absolute Gasteiger partial charge is 0.479 e. The smallest absolute Gasteiger partial charge is 0.335 e. The summed E-state index contributed by atoms with van der Waals surface area (Å²) < 4.78 is 11.2. The number of carbonyl (C=O) groups excluding carboxylic acids is 1. The average Bonchev–Trinajstić information content (AvgIpc) is 3.37. The summed E-state index contributed by atoms with van der Waals surface area (Å²) in [6.45, 7) is 18.4. The van der Waals surface area contributed by atoms with Crippen molar-refractivity contribution in [2.45, 2.75) is 143 Å². The van der Waals surface area contributed by atoms with Crippen LogP contribution in [-0.4, -0.2) is 74.3 Å². The van der Waals surface area contributed by atoms with E-state index in [9.17, 15) is 35.1 Å². The van der Waals surface area contributed by atoms with Gasteiger partial charge in [0.25, 0.3) is 0 Å². The molecule has 0 spiro atoms. The Labute approximate surface area is 267 Å². The third-order valence-corrected chi connectivity index (χ3v) is 15.5. The fourth-order valence-corrected chi connectivity index (χ4v) is 12.9. The molecule has 1 aliphatic heterocycles. The second kappa shape index (κ2) is 10.7. The molecule has 0 amide bonds. The number of aliphatic hydroxyl groups excluding tert-OH is 4. The molecule has 1 saturated heterocycles. The maximum atomic E-state index is 14.4. The monoisotopic (exact) mass is 632 g/mol. The van der Waals surface area contributed by atoms with Crippen LogP contribution in [0.2, 0.25) is 0 Å². The molecule has 5 N–H and O–H groups in total. The molecule has 6 rings (SSSR count). The van der Waals surface area contributed by atoms with E-state index in [4.69, 9.17) is 9.47 Å². The number of carboxylic acids is 1. The van der Waals surface area contributed by atoms with Crippen LogP contribution in [0.25, 0.3) is 0 Å². The zero-order chi connectivity index (χ0) is 33.1. The van der Waals surface area contributed by atoms with Crippen LogP contribution in [0.4, 0.5) is 0 Å². The Balaban J connectivity index is 1.33. The summed E-state index contributed by atoms with van der Waals surface area (Å²) in [7, 11) is 0. The van der Waals surface area contributed by atoms with Gasteiger partial charge >= 0.3 is 11.9 Å². The van der Waals surface area contributed by atoms with Crippen LogP contribution >= 0.6 is 0 Å². The first-order chi connectivity index (χ1) is 20.9. The molecule has 15 atom stereocenters. The molecule has 5 aliphatic carbocycles. The van der Waals surface area contributed by atoms with Crippen molar-refractivity contribution in [2.24, 2.45) is 56.7 Å². The molecule has 9 nitrogen and oxygen atoms in total. The second-order valence-corrected chi connectivity index (χ2v) is 17.4. The Morgan fingerprint density at radius 2 is 1.47 bits per heavy atom. The molecule has 0 aromatic carbocycles. The number of hydrogen-bond acceptors (Lipinski definition) is 8. The molecule has 0 radical (unpaired) electrons. The first kappa shape index (κ1) is 33.4. The fraction of sp³-hybridized carbons (Fsp3) is 0.889. The predicted molar refractivity (Wildman–Crippen MR) is 165 cm³/mol. The number of carbonyl (C=O) groups is 2. The lowest BCUT2D eigenvalue weighted by atomic mass is 9.32. The van der Waals surface area contributed by atoms with Gasteiger partial charge in [-0.25, -0.2) is 4.79 Å². The molecular weight excluding hydrogens is 576 g/mol. The summed E-state index contributed by atoms with van der Waals surface area (Å²) in [4.78, 5) is 26.1. The standard InChI is InChI=1S/C36H56O9/c1-18(2)19-10-15-36(31(43)45-30-27(40)25(38)26(39)28(44-30)29(41)42)17-16-34(6)20(24(19)36)8-9-22-33(5)13-12-23(37)32(3,4)21(33)11-14-35(22,34)7/h19-28,30,37-40H,1,8-17H2,2-7H3,(H,41,42)/t19-,20+,21-,22+,23-,24+,25-,26-,27+,28-,30-,33-,34+,35+,36-/m0/s1. The first-order valence-corrected chi connectivity index (χ1v) is 17.3. The van der Waals surface area contributed by atoms with Crippen molar-refractivity contribution >= 4 is 11.9 Å². The number of carboxylic acid groups (broad SMARTS) is 1. The zero-order valence-corrected chi connectivity index (χ0v) is 28.0. The zero-order valence-electron chi connectivity index (χ0n) is 28.0. The van der Waals surface area contributed by atoms with Gasteiger partial charge in [0.15, 0.2) is 6.10 Å². The fourth-order valence-electron chi connectivity index (χ4n) is 12.9. The van der Waals surface area contributed by atoms with Gasteiger partial charge in [-0.3, -0.25) is 4.79 Å². The van der Waals surface area contributed by atoms with Gasteiger partial charge in [-0.15, -0.1) is 0 Å². The lowest BCUT2D eigenvalue weighted by molar-refractivity contribution is -0.293. The van der Waals surface area contributed by atoms with Gasteiger partial charge in [0, 0.05) is 0 Å². The van der Waals surface area contributed by atoms with Crippen molar-refractivity contribution in [1.29, 1.82) is 0 Å². The predicted octanol–water partition coefficient (Wildman–Crippen LogP) is 4.44. The number of allylic oxidation sites excluding steroid dienone is 1. The van der Waals surface area contributed by atoms with Crippen LogP contribution in [0.15, 0.2) is 12.2 Å². The normalized spacial score (nSPS) is 53.7. The second-order valence-electron chi connectivity index (χ2n) is 17.4. The Kier molecular flexibility index (Phi) is 7.97. The number of esters is 1. The van der Waals surface area contributed by atoms with Gasteiger partial charge in [-0.2, -0.15) is 0 Å². The molecule has 0 unspecified atom stereocenters. The van der Waals surface area contributed by atoms with E-state index in [1.807, 2.05) is 0 Å². The number of rotatable bonds is 4. The minimum atomic E-state index is -1.85. The Hall–Kier alpha value is -1.52. The first-order valence-electron chi connectivity index (χ1n) is 17.3. The van der Waals surface area contributed by atoms with Gasteiger partial charge in [0.1, 0.15) is 18.3 Å².